The first-order chi connectivity index (χ1) is 10.8. The van der Waals surface area contributed by atoms with E-state index in [1.807, 2.05) is 28.8 Å². The zero-order valence-corrected chi connectivity index (χ0v) is 13.5. The first-order valence-electron chi connectivity index (χ1n) is 8.16. The van der Waals surface area contributed by atoms with Crippen LogP contribution in [0.3, 0.4) is 0 Å². The summed E-state index contributed by atoms with van der Waals surface area (Å²) >= 11 is 0. The SMILES string of the molecule is CCCCCCNC(=NCc1nnc2ccccn12)NCC. The number of nitrogens with one attached hydrogen (secondary N) is 2. The summed E-state index contributed by atoms with van der Waals surface area (Å²) in [6.45, 7) is 6.60. The van der Waals surface area contributed by atoms with E-state index in [4.69, 9.17) is 0 Å². The van der Waals surface area contributed by atoms with E-state index in [0.29, 0.717) is 6.54 Å². The van der Waals surface area contributed by atoms with E-state index in [9.17, 15) is 0 Å². The van der Waals surface area contributed by atoms with Crippen LogP contribution in [0.25, 0.3) is 5.65 Å². The molecule has 2 N–H and O–H groups in total. The van der Waals surface area contributed by atoms with Crippen LogP contribution in [0.15, 0.2) is 29.4 Å². The van der Waals surface area contributed by atoms with E-state index < -0.39 is 0 Å². The summed E-state index contributed by atoms with van der Waals surface area (Å²) < 4.78 is 1.97. The third-order valence-electron chi connectivity index (χ3n) is 3.43. The lowest BCUT2D eigenvalue weighted by molar-refractivity contribution is 0.647. The van der Waals surface area contributed by atoms with Gasteiger partial charge < -0.3 is 10.6 Å². The Labute approximate surface area is 132 Å². The van der Waals surface area contributed by atoms with Crippen molar-refractivity contribution in [2.24, 2.45) is 4.99 Å². The molecule has 6 nitrogen and oxygen atoms in total. The van der Waals surface area contributed by atoms with Crippen molar-refractivity contribution in [2.45, 2.75) is 46.1 Å². The first kappa shape index (κ1) is 16.3. The third-order valence-corrected chi connectivity index (χ3v) is 3.43. The first-order valence-corrected chi connectivity index (χ1v) is 8.16. The highest BCUT2D eigenvalue weighted by atomic mass is 15.3. The van der Waals surface area contributed by atoms with Gasteiger partial charge in [-0.2, -0.15) is 0 Å². The minimum absolute atomic E-state index is 0.509. The summed E-state index contributed by atoms with van der Waals surface area (Å²) in [6.07, 6.45) is 6.95. The molecule has 2 aromatic heterocycles. The molecule has 0 spiro atoms. The Kier molecular flexibility index (Phi) is 6.67. The van der Waals surface area contributed by atoms with Crippen molar-refractivity contribution in [3.8, 4) is 0 Å². The monoisotopic (exact) mass is 302 g/mol. The predicted molar refractivity (Wildman–Crippen MR) is 89.9 cm³/mol. The minimum Gasteiger partial charge on any atom is -0.357 e. The van der Waals surface area contributed by atoms with Gasteiger partial charge in [-0.15, -0.1) is 10.2 Å². The molecule has 0 aliphatic heterocycles. The van der Waals surface area contributed by atoms with E-state index >= 15 is 0 Å². The molecule has 0 atom stereocenters. The number of aromatic nitrogens is 3. The second-order valence-corrected chi connectivity index (χ2v) is 5.23. The predicted octanol–water partition coefficient (Wildman–Crippen LogP) is 2.36. The molecule has 0 bridgehead atoms. The Hall–Kier alpha value is -2.11. The summed E-state index contributed by atoms with van der Waals surface area (Å²) in [6, 6.07) is 5.87. The lowest BCUT2D eigenvalue weighted by atomic mass is 10.2. The van der Waals surface area contributed by atoms with E-state index in [1.165, 1.54) is 25.7 Å². The molecule has 0 amide bonds. The number of hydrogen-bond donors (Lipinski definition) is 2. The molecule has 0 saturated heterocycles. The van der Waals surface area contributed by atoms with Gasteiger partial charge in [0.05, 0.1) is 0 Å². The van der Waals surface area contributed by atoms with Crippen molar-refractivity contribution in [1.29, 1.82) is 0 Å². The lowest BCUT2D eigenvalue weighted by Gasteiger charge is -2.10. The standard InChI is InChI=1S/C16H26N6/c1-3-5-6-8-11-18-16(17-4-2)19-13-15-21-20-14-10-7-9-12-22(14)15/h7,9-10,12H,3-6,8,11,13H2,1-2H3,(H2,17,18,19). The molecule has 0 aromatic carbocycles. The summed E-state index contributed by atoms with van der Waals surface area (Å²) in [5.41, 5.74) is 0.852. The van der Waals surface area contributed by atoms with E-state index in [-0.39, 0.29) is 0 Å². The minimum atomic E-state index is 0.509. The molecular formula is C16H26N6. The van der Waals surface area contributed by atoms with Gasteiger partial charge in [0.15, 0.2) is 17.4 Å². The quantitative estimate of drug-likeness (QED) is 0.446. The molecule has 120 valence electrons. The van der Waals surface area contributed by atoms with Crippen LogP contribution in [0.1, 0.15) is 45.4 Å². The molecule has 0 unspecified atom stereocenters. The number of aliphatic imine (C=N–C) groups is 1. The number of unbranched alkanes of at least 4 members (excludes halogenated alkanes) is 3. The molecule has 0 radical (unpaired) electrons. The van der Waals surface area contributed by atoms with E-state index in [2.05, 4.69) is 39.7 Å². The molecule has 0 saturated carbocycles. The fourth-order valence-corrected chi connectivity index (χ4v) is 2.25. The number of guanidine groups is 1. The van der Waals surface area contributed by atoms with Gasteiger partial charge in [0.25, 0.3) is 0 Å². The van der Waals surface area contributed by atoms with Crippen LogP contribution in [0.4, 0.5) is 0 Å². The highest BCUT2D eigenvalue weighted by molar-refractivity contribution is 5.79. The van der Waals surface area contributed by atoms with E-state index in [0.717, 1.165) is 30.5 Å². The number of nitrogens with zero attached hydrogens (tertiary/aromatic N) is 4. The Morgan fingerprint density at radius 1 is 1.14 bits per heavy atom. The Morgan fingerprint density at radius 3 is 2.86 bits per heavy atom. The molecule has 0 fully saturated rings. The number of fused-ring (bicyclic) bond motifs is 1. The molecule has 0 aliphatic carbocycles. The second kappa shape index (κ2) is 9.02. The molecule has 2 heterocycles. The lowest BCUT2D eigenvalue weighted by Crippen LogP contribution is -2.37. The zero-order valence-electron chi connectivity index (χ0n) is 13.5. The maximum Gasteiger partial charge on any atom is 0.191 e. The van der Waals surface area contributed by atoms with Gasteiger partial charge >= 0.3 is 0 Å². The number of rotatable bonds is 8. The van der Waals surface area contributed by atoms with Gasteiger partial charge in [-0.25, -0.2) is 4.99 Å². The molecule has 2 rings (SSSR count). The smallest absolute Gasteiger partial charge is 0.191 e. The van der Waals surface area contributed by atoms with Crippen LogP contribution in [-0.2, 0) is 6.54 Å². The maximum atomic E-state index is 4.59. The Balaban J connectivity index is 1.91. The van der Waals surface area contributed by atoms with Crippen LogP contribution in [0, 0.1) is 0 Å². The van der Waals surface area contributed by atoms with Crippen molar-refractivity contribution >= 4 is 11.6 Å². The Bertz CT molecular complexity index is 589. The van der Waals surface area contributed by atoms with Crippen molar-refractivity contribution in [3.05, 3.63) is 30.2 Å². The molecule has 22 heavy (non-hydrogen) atoms. The van der Waals surface area contributed by atoms with Crippen LogP contribution in [-0.4, -0.2) is 33.6 Å². The molecule has 6 heteroatoms. The van der Waals surface area contributed by atoms with Gasteiger partial charge in [0.2, 0.25) is 0 Å². The van der Waals surface area contributed by atoms with Gasteiger partial charge in [0.1, 0.15) is 6.54 Å². The fourth-order valence-electron chi connectivity index (χ4n) is 2.25. The van der Waals surface area contributed by atoms with Gasteiger partial charge in [-0.3, -0.25) is 4.40 Å². The highest BCUT2D eigenvalue weighted by Gasteiger charge is 2.04. The van der Waals surface area contributed by atoms with Crippen LogP contribution in [0.5, 0.6) is 0 Å². The highest BCUT2D eigenvalue weighted by Crippen LogP contribution is 2.03. The topological polar surface area (TPSA) is 66.6 Å². The average Bonchev–Trinajstić information content (AvgIpc) is 2.95. The molecule has 2 aromatic rings. The summed E-state index contributed by atoms with van der Waals surface area (Å²) in [4.78, 5) is 4.59. The van der Waals surface area contributed by atoms with Crippen molar-refractivity contribution in [3.63, 3.8) is 0 Å². The normalized spacial score (nSPS) is 11.8. The maximum absolute atomic E-state index is 4.59. The van der Waals surface area contributed by atoms with Gasteiger partial charge in [0, 0.05) is 19.3 Å². The zero-order chi connectivity index (χ0) is 15.6. The molecule has 0 aliphatic rings. The summed E-state index contributed by atoms with van der Waals surface area (Å²) in [5.74, 6) is 1.69. The van der Waals surface area contributed by atoms with Crippen molar-refractivity contribution in [1.82, 2.24) is 25.2 Å². The van der Waals surface area contributed by atoms with E-state index in [1.54, 1.807) is 0 Å². The second-order valence-electron chi connectivity index (χ2n) is 5.23. The molecular weight excluding hydrogens is 276 g/mol. The van der Waals surface area contributed by atoms with Crippen LogP contribution < -0.4 is 10.6 Å². The van der Waals surface area contributed by atoms with Gasteiger partial charge in [-0.05, 0) is 25.5 Å². The van der Waals surface area contributed by atoms with Crippen molar-refractivity contribution in [2.75, 3.05) is 13.1 Å². The van der Waals surface area contributed by atoms with Crippen molar-refractivity contribution < 1.29 is 0 Å². The third kappa shape index (κ3) is 4.72. The summed E-state index contributed by atoms with van der Waals surface area (Å²) in [7, 11) is 0. The fraction of sp³-hybridized carbons (Fsp3) is 0.562. The summed E-state index contributed by atoms with van der Waals surface area (Å²) in [5, 5.41) is 15.0. The largest absolute Gasteiger partial charge is 0.357 e. The van der Waals surface area contributed by atoms with Gasteiger partial charge in [-0.1, -0.05) is 32.3 Å². The number of hydrogen-bond acceptors (Lipinski definition) is 3. The Morgan fingerprint density at radius 2 is 2.05 bits per heavy atom. The van der Waals surface area contributed by atoms with Crippen LogP contribution in [0.2, 0.25) is 0 Å². The van der Waals surface area contributed by atoms with Crippen LogP contribution >= 0.6 is 0 Å². The number of pyridine rings is 1. The average molecular weight is 302 g/mol.